The van der Waals surface area contributed by atoms with E-state index in [0.29, 0.717) is 19.0 Å². The zero-order valence-electron chi connectivity index (χ0n) is 15.9. The van der Waals surface area contributed by atoms with E-state index in [2.05, 4.69) is 27.2 Å². The lowest BCUT2D eigenvalue weighted by Crippen LogP contribution is -2.06. The fraction of sp³-hybridized carbons (Fsp3) is 0.421. The molecular weight excluding hydrogens is 347 g/mol. The molecule has 2 rings (SSSR count). The van der Waals surface area contributed by atoms with Gasteiger partial charge in [-0.15, -0.1) is 0 Å². The highest BCUT2D eigenvalue weighted by Gasteiger charge is 2.13. The summed E-state index contributed by atoms with van der Waals surface area (Å²) in [5, 5.41) is 4.38. The van der Waals surface area contributed by atoms with Gasteiger partial charge in [-0.1, -0.05) is 13.3 Å². The van der Waals surface area contributed by atoms with Gasteiger partial charge in [0.15, 0.2) is 5.82 Å². The van der Waals surface area contributed by atoms with Crippen LogP contribution >= 0.6 is 8.38 Å². The van der Waals surface area contributed by atoms with Crippen LogP contribution in [0, 0.1) is 6.92 Å². The maximum Gasteiger partial charge on any atom is 0.205 e. The van der Waals surface area contributed by atoms with E-state index in [1.165, 1.54) is 0 Å². The maximum absolute atomic E-state index is 5.70. The Bertz CT molecular complexity index is 701. The summed E-state index contributed by atoms with van der Waals surface area (Å²) in [5.74, 6) is 0.703. The predicted octanol–water partition coefficient (Wildman–Crippen LogP) is 5.04. The number of aliphatic imine (C=N–C) groups is 1. The minimum atomic E-state index is -1.03. The number of unbranched alkanes of at least 4 members (excludes halogenated alkanes) is 1. The van der Waals surface area contributed by atoms with Crippen LogP contribution in [0.3, 0.4) is 0 Å². The van der Waals surface area contributed by atoms with Crippen LogP contribution in [0.1, 0.15) is 39.3 Å². The van der Waals surface area contributed by atoms with Gasteiger partial charge in [-0.05, 0) is 51.5 Å². The fourth-order valence-electron chi connectivity index (χ4n) is 2.22. The lowest BCUT2D eigenvalue weighted by Gasteiger charge is -2.16. The minimum Gasteiger partial charge on any atom is -0.338 e. The smallest absolute Gasteiger partial charge is 0.205 e. The molecule has 2 aromatic rings. The highest BCUT2D eigenvalue weighted by atomic mass is 31.2. The average molecular weight is 374 g/mol. The summed E-state index contributed by atoms with van der Waals surface area (Å²) in [5.41, 5.74) is 2.56. The number of hydrogen-bond acceptors (Lipinski definition) is 6. The third kappa shape index (κ3) is 5.84. The van der Waals surface area contributed by atoms with Crippen molar-refractivity contribution in [2.75, 3.05) is 18.5 Å². The molecule has 0 unspecified atom stereocenters. The molecule has 0 saturated carbocycles. The van der Waals surface area contributed by atoms with Gasteiger partial charge in [0.2, 0.25) is 8.38 Å². The molecule has 0 spiro atoms. The Morgan fingerprint density at radius 3 is 2.38 bits per heavy atom. The van der Waals surface area contributed by atoms with Crippen LogP contribution in [-0.2, 0) is 9.05 Å². The second-order valence-corrected chi connectivity index (χ2v) is 7.07. The van der Waals surface area contributed by atoms with Crippen LogP contribution in [0.4, 0.5) is 17.2 Å². The van der Waals surface area contributed by atoms with Gasteiger partial charge in [0.1, 0.15) is 12.0 Å². The van der Waals surface area contributed by atoms with Crippen molar-refractivity contribution in [2.45, 2.75) is 40.5 Å². The number of nitrogens with zero attached hydrogens (tertiary/aromatic N) is 3. The molecule has 1 heterocycles. The van der Waals surface area contributed by atoms with E-state index in [1.54, 1.807) is 6.33 Å². The summed E-state index contributed by atoms with van der Waals surface area (Å²) >= 11 is 0. The van der Waals surface area contributed by atoms with Gasteiger partial charge in [0, 0.05) is 17.2 Å². The van der Waals surface area contributed by atoms with Crippen LogP contribution in [0.15, 0.2) is 35.6 Å². The fourth-order valence-corrected chi connectivity index (χ4v) is 3.46. The molecule has 0 atom stereocenters. The largest absolute Gasteiger partial charge is 0.338 e. The van der Waals surface area contributed by atoms with Gasteiger partial charge in [-0.3, -0.25) is 4.99 Å². The van der Waals surface area contributed by atoms with Crippen molar-refractivity contribution in [3.8, 4) is 0 Å². The van der Waals surface area contributed by atoms with E-state index in [9.17, 15) is 0 Å². The van der Waals surface area contributed by atoms with Gasteiger partial charge < -0.3 is 14.4 Å². The molecule has 7 heteroatoms. The van der Waals surface area contributed by atoms with Crippen LogP contribution in [0.25, 0.3) is 0 Å². The summed E-state index contributed by atoms with van der Waals surface area (Å²) in [6.45, 7) is 9.27. The molecule has 140 valence electrons. The molecule has 0 aliphatic heterocycles. The minimum absolute atomic E-state index is 0.630. The zero-order valence-corrected chi connectivity index (χ0v) is 16.8. The summed E-state index contributed by atoms with van der Waals surface area (Å²) in [4.78, 5) is 13.1. The van der Waals surface area contributed by atoms with Crippen LogP contribution in [0.2, 0.25) is 0 Å². The molecule has 0 fully saturated rings. The molecule has 0 aliphatic rings. The van der Waals surface area contributed by atoms with Crippen molar-refractivity contribution in [3.63, 3.8) is 0 Å². The number of hydrogen-bond donors (Lipinski definition) is 1. The van der Waals surface area contributed by atoms with Crippen LogP contribution in [0.5, 0.6) is 0 Å². The number of benzene rings is 1. The SMILES string of the molecule is CCCC=Nc1c(C)ncnc1Nc1ccc(P(OCC)OCC)cc1. The molecule has 0 bridgehead atoms. The topological polar surface area (TPSA) is 68.6 Å². The van der Waals surface area contributed by atoms with Crippen LogP contribution < -0.4 is 10.6 Å². The Labute approximate surface area is 157 Å². The zero-order chi connectivity index (χ0) is 18.8. The number of nitrogens with one attached hydrogen (secondary N) is 1. The molecule has 0 radical (unpaired) electrons. The molecule has 1 N–H and O–H groups in total. The lowest BCUT2D eigenvalue weighted by atomic mass is 10.3. The third-order valence-corrected chi connectivity index (χ3v) is 5.18. The summed E-state index contributed by atoms with van der Waals surface area (Å²) < 4.78 is 11.4. The van der Waals surface area contributed by atoms with Crippen LogP contribution in [-0.4, -0.2) is 29.4 Å². The first-order valence-corrected chi connectivity index (χ1v) is 10.1. The molecule has 0 saturated heterocycles. The number of anilines is 2. The Morgan fingerprint density at radius 1 is 1.08 bits per heavy atom. The number of aromatic nitrogens is 2. The Balaban J connectivity index is 2.17. The van der Waals surface area contributed by atoms with Crippen molar-refractivity contribution in [1.29, 1.82) is 0 Å². The summed E-state index contributed by atoms with van der Waals surface area (Å²) in [6, 6.07) is 8.04. The Kier molecular flexibility index (Phi) is 8.62. The predicted molar refractivity (Wildman–Crippen MR) is 109 cm³/mol. The van der Waals surface area contributed by atoms with E-state index in [0.717, 1.165) is 35.2 Å². The first-order valence-electron chi connectivity index (χ1n) is 8.96. The first-order chi connectivity index (χ1) is 12.7. The molecule has 26 heavy (non-hydrogen) atoms. The van der Waals surface area contributed by atoms with Gasteiger partial charge >= 0.3 is 0 Å². The third-order valence-electron chi connectivity index (χ3n) is 3.48. The lowest BCUT2D eigenvalue weighted by molar-refractivity contribution is 0.277. The van der Waals surface area contributed by atoms with E-state index in [1.807, 2.05) is 51.3 Å². The summed E-state index contributed by atoms with van der Waals surface area (Å²) in [6.07, 6.45) is 5.45. The second-order valence-electron chi connectivity index (χ2n) is 5.52. The highest BCUT2D eigenvalue weighted by molar-refractivity contribution is 7.56. The number of aryl methyl sites for hydroxylation is 1. The molecule has 0 aliphatic carbocycles. The Hall–Kier alpha value is -1.88. The Morgan fingerprint density at radius 2 is 1.77 bits per heavy atom. The average Bonchev–Trinajstić information content (AvgIpc) is 2.64. The van der Waals surface area contributed by atoms with E-state index in [4.69, 9.17) is 9.05 Å². The van der Waals surface area contributed by atoms with E-state index in [-0.39, 0.29) is 0 Å². The van der Waals surface area contributed by atoms with Crippen molar-refractivity contribution in [2.24, 2.45) is 4.99 Å². The van der Waals surface area contributed by atoms with Gasteiger partial charge in [0.05, 0.1) is 18.9 Å². The molecule has 0 amide bonds. The van der Waals surface area contributed by atoms with Gasteiger partial charge in [0.25, 0.3) is 0 Å². The standard InChI is InChI=1S/C19H27N4O2P/c1-5-8-13-20-18-15(4)21-14-22-19(18)23-16-9-11-17(12-10-16)26(24-6-2)25-7-3/h9-14H,5-8H2,1-4H3,(H,21,22,23). The van der Waals surface area contributed by atoms with Gasteiger partial charge in [-0.2, -0.15) is 0 Å². The molecule has 6 nitrogen and oxygen atoms in total. The van der Waals surface area contributed by atoms with Gasteiger partial charge in [-0.25, -0.2) is 9.97 Å². The highest BCUT2D eigenvalue weighted by Crippen LogP contribution is 2.37. The summed E-state index contributed by atoms with van der Waals surface area (Å²) in [7, 11) is -1.03. The number of rotatable bonds is 10. The first kappa shape index (κ1) is 20.4. The quantitative estimate of drug-likeness (QED) is 0.466. The van der Waals surface area contributed by atoms with Crippen molar-refractivity contribution >= 4 is 37.1 Å². The normalized spacial score (nSPS) is 11.4. The van der Waals surface area contributed by atoms with E-state index >= 15 is 0 Å². The monoisotopic (exact) mass is 374 g/mol. The maximum atomic E-state index is 5.70. The van der Waals surface area contributed by atoms with Crippen molar-refractivity contribution in [1.82, 2.24) is 9.97 Å². The van der Waals surface area contributed by atoms with Crippen molar-refractivity contribution in [3.05, 3.63) is 36.3 Å². The molecule has 1 aromatic carbocycles. The van der Waals surface area contributed by atoms with Crippen molar-refractivity contribution < 1.29 is 9.05 Å². The van der Waals surface area contributed by atoms with E-state index < -0.39 is 8.38 Å². The molecular formula is C19H27N4O2P. The second kappa shape index (κ2) is 11.0. The molecule has 1 aromatic heterocycles.